The number of nitrogens with two attached hydrogens (primary N) is 1. The van der Waals surface area contributed by atoms with Gasteiger partial charge in [0, 0.05) is 7.05 Å². The molecule has 2 N–H and O–H groups in total. The second-order valence-electron chi connectivity index (χ2n) is 5.41. The van der Waals surface area contributed by atoms with E-state index in [1.54, 1.807) is 24.1 Å². The number of hydrogen-bond donors (Lipinski definition) is 1. The van der Waals surface area contributed by atoms with Crippen molar-refractivity contribution in [1.82, 2.24) is 4.90 Å². The van der Waals surface area contributed by atoms with Gasteiger partial charge in [-0.15, -0.1) is 0 Å². The van der Waals surface area contributed by atoms with Gasteiger partial charge in [0.25, 0.3) is 0 Å². The molecule has 3 nitrogen and oxygen atoms in total. The predicted molar refractivity (Wildman–Crippen MR) is 75.0 cm³/mol. The van der Waals surface area contributed by atoms with Gasteiger partial charge < -0.3 is 10.6 Å². The average molecular weight is 266 g/mol. The van der Waals surface area contributed by atoms with Crippen molar-refractivity contribution >= 4 is 5.91 Å². The summed E-state index contributed by atoms with van der Waals surface area (Å²) in [7, 11) is 1.73. The Kier molecular flexibility index (Phi) is 5.48. The zero-order valence-corrected chi connectivity index (χ0v) is 12.1. The van der Waals surface area contributed by atoms with Crippen molar-refractivity contribution in [3.05, 3.63) is 35.6 Å². The van der Waals surface area contributed by atoms with Gasteiger partial charge in [0.15, 0.2) is 0 Å². The van der Waals surface area contributed by atoms with E-state index < -0.39 is 6.04 Å². The Labute approximate surface area is 114 Å². The van der Waals surface area contributed by atoms with Gasteiger partial charge in [0.1, 0.15) is 5.82 Å². The summed E-state index contributed by atoms with van der Waals surface area (Å²) in [5.74, 6) is 0.0282. The van der Waals surface area contributed by atoms with E-state index in [-0.39, 0.29) is 17.8 Å². The molecule has 2 atom stereocenters. The van der Waals surface area contributed by atoms with Crippen LogP contribution in [0.2, 0.25) is 0 Å². The first-order valence-corrected chi connectivity index (χ1v) is 6.60. The molecule has 0 heterocycles. The maximum atomic E-state index is 12.9. The molecule has 0 spiro atoms. The highest BCUT2D eigenvalue weighted by Crippen LogP contribution is 2.20. The molecule has 0 bridgehead atoms. The minimum atomic E-state index is -0.479. The van der Waals surface area contributed by atoms with Gasteiger partial charge in [0.05, 0.1) is 12.1 Å². The molecule has 1 amide bonds. The number of hydrogen-bond acceptors (Lipinski definition) is 2. The molecule has 0 saturated carbocycles. The van der Waals surface area contributed by atoms with Crippen molar-refractivity contribution in [1.29, 1.82) is 0 Å². The first-order chi connectivity index (χ1) is 8.82. The van der Waals surface area contributed by atoms with Crippen molar-refractivity contribution in [2.75, 3.05) is 7.05 Å². The molecule has 0 aliphatic carbocycles. The number of carbonyl (C=O) groups excluding carboxylic acids is 1. The van der Waals surface area contributed by atoms with Crippen LogP contribution >= 0.6 is 0 Å². The fraction of sp³-hybridized carbons (Fsp3) is 0.533. The van der Waals surface area contributed by atoms with E-state index in [9.17, 15) is 9.18 Å². The molecule has 4 heteroatoms. The summed E-state index contributed by atoms with van der Waals surface area (Å²) >= 11 is 0. The van der Waals surface area contributed by atoms with Crippen LogP contribution in [-0.2, 0) is 4.79 Å². The zero-order chi connectivity index (χ0) is 14.6. The first kappa shape index (κ1) is 15.6. The fourth-order valence-electron chi connectivity index (χ4n) is 2.03. The van der Waals surface area contributed by atoms with Crippen molar-refractivity contribution in [3.8, 4) is 0 Å². The fourth-order valence-corrected chi connectivity index (χ4v) is 2.03. The van der Waals surface area contributed by atoms with Crippen molar-refractivity contribution in [2.24, 2.45) is 11.7 Å². The largest absolute Gasteiger partial charge is 0.338 e. The molecule has 1 rings (SSSR count). The number of likely N-dealkylation sites (N-methyl/N-ethyl adjacent to an activating group) is 1. The molecule has 0 radical (unpaired) electrons. The summed E-state index contributed by atoms with van der Waals surface area (Å²) in [4.78, 5) is 13.8. The van der Waals surface area contributed by atoms with E-state index >= 15 is 0 Å². The maximum absolute atomic E-state index is 12.9. The molecule has 19 heavy (non-hydrogen) atoms. The zero-order valence-electron chi connectivity index (χ0n) is 12.1. The molecular formula is C15H23FN2O. The van der Waals surface area contributed by atoms with Crippen LogP contribution in [-0.4, -0.2) is 23.9 Å². The van der Waals surface area contributed by atoms with Gasteiger partial charge in [-0.05, 0) is 37.0 Å². The number of halogens is 1. The van der Waals surface area contributed by atoms with Gasteiger partial charge in [-0.2, -0.15) is 0 Å². The predicted octanol–water partition coefficient (Wildman–Crippen LogP) is 2.72. The SMILES string of the molecule is CC(C)C[C@H](N)C(=O)N(C)C(C)c1ccc(F)cc1. The van der Waals surface area contributed by atoms with Gasteiger partial charge in [0.2, 0.25) is 5.91 Å². The Morgan fingerprint density at radius 3 is 2.26 bits per heavy atom. The lowest BCUT2D eigenvalue weighted by Gasteiger charge is -2.28. The quantitative estimate of drug-likeness (QED) is 0.890. The number of benzene rings is 1. The molecule has 1 aromatic rings. The van der Waals surface area contributed by atoms with Crippen LogP contribution in [0.1, 0.15) is 38.8 Å². The van der Waals surface area contributed by atoms with Gasteiger partial charge in [-0.3, -0.25) is 4.79 Å². The van der Waals surface area contributed by atoms with Crippen LogP contribution in [0.25, 0.3) is 0 Å². The summed E-state index contributed by atoms with van der Waals surface area (Å²) < 4.78 is 12.9. The second-order valence-corrected chi connectivity index (χ2v) is 5.41. The van der Waals surface area contributed by atoms with Crippen LogP contribution in [0.15, 0.2) is 24.3 Å². The molecule has 0 aromatic heterocycles. The van der Waals surface area contributed by atoms with Crippen LogP contribution in [0.5, 0.6) is 0 Å². The lowest BCUT2D eigenvalue weighted by molar-refractivity contribution is -0.133. The maximum Gasteiger partial charge on any atom is 0.239 e. The first-order valence-electron chi connectivity index (χ1n) is 6.60. The summed E-state index contributed by atoms with van der Waals surface area (Å²) in [5, 5.41) is 0. The second kappa shape index (κ2) is 6.66. The van der Waals surface area contributed by atoms with Gasteiger partial charge in [-0.1, -0.05) is 26.0 Å². The van der Waals surface area contributed by atoms with E-state index in [0.717, 1.165) is 5.56 Å². The lowest BCUT2D eigenvalue weighted by Crippen LogP contribution is -2.43. The Morgan fingerprint density at radius 2 is 1.79 bits per heavy atom. The minimum Gasteiger partial charge on any atom is -0.338 e. The average Bonchev–Trinajstić information content (AvgIpc) is 2.36. The molecule has 0 aliphatic rings. The Hall–Kier alpha value is -1.42. The van der Waals surface area contributed by atoms with E-state index in [4.69, 9.17) is 5.73 Å². The lowest BCUT2D eigenvalue weighted by atomic mass is 10.0. The summed E-state index contributed by atoms with van der Waals surface area (Å²) in [6, 6.07) is 5.59. The van der Waals surface area contributed by atoms with E-state index in [1.165, 1.54) is 12.1 Å². The highest BCUT2D eigenvalue weighted by molar-refractivity contribution is 5.81. The minimum absolute atomic E-state index is 0.0782. The standard InChI is InChI=1S/C15H23FN2O/c1-10(2)9-14(17)15(19)18(4)11(3)12-5-7-13(16)8-6-12/h5-8,10-11,14H,9,17H2,1-4H3/t11?,14-/m0/s1. The molecule has 0 fully saturated rings. The summed E-state index contributed by atoms with van der Waals surface area (Å²) in [5.41, 5.74) is 6.81. The van der Waals surface area contributed by atoms with Crippen LogP contribution in [0.3, 0.4) is 0 Å². The van der Waals surface area contributed by atoms with Gasteiger partial charge >= 0.3 is 0 Å². The van der Waals surface area contributed by atoms with Crippen LogP contribution in [0, 0.1) is 11.7 Å². The number of nitrogens with zero attached hydrogens (tertiary/aromatic N) is 1. The highest BCUT2D eigenvalue weighted by atomic mass is 19.1. The smallest absolute Gasteiger partial charge is 0.239 e. The molecular weight excluding hydrogens is 243 g/mol. The van der Waals surface area contributed by atoms with Crippen LogP contribution < -0.4 is 5.73 Å². The number of carbonyl (C=O) groups is 1. The van der Waals surface area contributed by atoms with Crippen molar-refractivity contribution in [2.45, 2.75) is 39.3 Å². The Morgan fingerprint density at radius 1 is 1.26 bits per heavy atom. The molecule has 1 aromatic carbocycles. The molecule has 106 valence electrons. The summed E-state index contributed by atoms with van der Waals surface area (Å²) in [6.45, 7) is 5.99. The van der Waals surface area contributed by atoms with Gasteiger partial charge in [-0.25, -0.2) is 4.39 Å². The molecule has 1 unspecified atom stereocenters. The van der Waals surface area contributed by atoms with Crippen molar-refractivity contribution < 1.29 is 9.18 Å². The third-order valence-electron chi connectivity index (χ3n) is 3.32. The highest BCUT2D eigenvalue weighted by Gasteiger charge is 2.23. The van der Waals surface area contributed by atoms with Crippen LogP contribution in [0.4, 0.5) is 4.39 Å². The van der Waals surface area contributed by atoms with Crippen molar-refractivity contribution in [3.63, 3.8) is 0 Å². The third-order valence-corrected chi connectivity index (χ3v) is 3.32. The van der Waals surface area contributed by atoms with E-state index in [0.29, 0.717) is 12.3 Å². The Bertz CT molecular complexity index is 417. The third kappa shape index (κ3) is 4.31. The topological polar surface area (TPSA) is 46.3 Å². The van der Waals surface area contributed by atoms with E-state index in [1.807, 2.05) is 20.8 Å². The molecule has 0 aliphatic heterocycles. The number of rotatable bonds is 5. The number of amides is 1. The Balaban J connectivity index is 2.73. The monoisotopic (exact) mass is 266 g/mol. The normalized spacial score (nSPS) is 14.3. The van der Waals surface area contributed by atoms with E-state index in [2.05, 4.69) is 0 Å². The molecule has 0 saturated heterocycles. The summed E-state index contributed by atoms with van der Waals surface area (Å²) in [6.07, 6.45) is 0.666.